The SMILES string of the molecule is CC(=O)N1CCC(NC(=O)C2(C)Cc3cccc(N4CCN(CCc5ccccn5)CC4)c3O2)CC1. The van der Waals surface area contributed by atoms with Crippen LogP contribution < -0.4 is 15.0 Å². The number of fused-ring (bicyclic) bond motifs is 1. The predicted molar refractivity (Wildman–Crippen MR) is 139 cm³/mol. The maximum Gasteiger partial charge on any atom is 0.264 e. The molecule has 1 aromatic heterocycles. The molecule has 2 amide bonds. The van der Waals surface area contributed by atoms with E-state index in [4.69, 9.17) is 4.74 Å². The Morgan fingerprint density at radius 2 is 1.83 bits per heavy atom. The Bertz CT molecular complexity index is 1080. The number of amides is 2. The molecule has 5 rings (SSSR count). The summed E-state index contributed by atoms with van der Waals surface area (Å²) in [5.74, 6) is 0.886. The highest BCUT2D eigenvalue weighted by Crippen LogP contribution is 2.42. The molecule has 8 nitrogen and oxygen atoms in total. The lowest BCUT2D eigenvalue weighted by Crippen LogP contribution is -2.54. The van der Waals surface area contributed by atoms with Crippen molar-refractivity contribution in [3.63, 3.8) is 0 Å². The first-order valence-corrected chi connectivity index (χ1v) is 13.2. The first kappa shape index (κ1) is 24.6. The number of aromatic nitrogens is 1. The number of nitrogens with one attached hydrogen (secondary N) is 1. The molecule has 2 saturated heterocycles. The second-order valence-electron chi connectivity index (χ2n) is 10.4. The summed E-state index contributed by atoms with van der Waals surface area (Å²) in [5.41, 5.74) is 2.40. The van der Waals surface area contributed by atoms with Crippen LogP contribution >= 0.6 is 0 Å². The summed E-state index contributed by atoms with van der Waals surface area (Å²) in [6.07, 6.45) is 4.95. The summed E-state index contributed by atoms with van der Waals surface area (Å²) in [7, 11) is 0. The zero-order valence-electron chi connectivity index (χ0n) is 21.4. The van der Waals surface area contributed by atoms with Gasteiger partial charge < -0.3 is 19.9 Å². The lowest BCUT2D eigenvalue weighted by molar-refractivity contribution is -0.135. The molecule has 0 aliphatic carbocycles. The fourth-order valence-corrected chi connectivity index (χ4v) is 5.54. The van der Waals surface area contributed by atoms with Crippen molar-refractivity contribution in [2.24, 2.45) is 0 Å². The Morgan fingerprint density at radius 1 is 1.06 bits per heavy atom. The number of hydrogen-bond donors (Lipinski definition) is 1. The van der Waals surface area contributed by atoms with E-state index in [1.165, 1.54) is 0 Å². The van der Waals surface area contributed by atoms with Crippen LogP contribution in [0.1, 0.15) is 37.9 Å². The number of ether oxygens (including phenoxy) is 1. The van der Waals surface area contributed by atoms with Crippen molar-refractivity contribution in [2.75, 3.05) is 50.7 Å². The van der Waals surface area contributed by atoms with Gasteiger partial charge in [-0.25, -0.2) is 0 Å². The van der Waals surface area contributed by atoms with Gasteiger partial charge in [0, 0.05) is 89.1 Å². The topological polar surface area (TPSA) is 78.0 Å². The van der Waals surface area contributed by atoms with E-state index in [2.05, 4.69) is 44.4 Å². The van der Waals surface area contributed by atoms with Gasteiger partial charge in [0.2, 0.25) is 5.91 Å². The van der Waals surface area contributed by atoms with E-state index in [1.54, 1.807) is 6.92 Å². The van der Waals surface area contributed by atoms with Gasteiger partial charge in [-0.2, -0.15) is 0 Å². The number of anilines is 1. The third kappa shape index (κ3) is 5.33. The van der Waals surface area contributed by atoms with Gasteiger partial charge in [-0.05, 0) is 38.0 Å². The number of piperazine rings is 1. The van der Waals surface area contributed by atoms with Gasteiger partial charge in [0.25, 0.3) is 5.91 Å². The van der Waals surface area contributed by atoms with Crippen LogP contribution in [0.15, 0.2) is 42.6 Å². The maximum atomic E-state index is 13.3. The van der Waals surface area contributed by atoms with Gasteiger partial charge in [0.1, 0.15) is 5.75 Å². The molecule has 0 radical (unpaired) electrons. The average molecular weight is 492 g/mol. The molecule has 36 heavy (non-hydrogen) atoms. The minimum absolute atomic E-state index is 0.0646. The smallest absolute Gasteiger partial charge is 0.264 e. The maximum absolute atomic E-state index is 13.3. The number of hydrogen-bond acceptors (Lipinski definition) is 6. The van der Waals surface area contributed by atoms with Crippen LogP contribution in [0.2, 0.25) is 0 Å². The largest absolute Gasteiger partial charge is 0.475 e. The Labute approximate surface area is 213 Å². The zero-order chi connectivity index (χ0) is 25.1. The van der Waals surface area contributed by atoms with Crippen LogP contribution in [-0.4, -0.2) is 84.1 Å². The second kappa shape index (κ2) is 10.5. The van der Waals surface area contributed by atoms with Crippen LogP contribution in [0, 0.1) is 0 Å². The van der Waals surface area contributed by atoms with E-state index in [-0.39, 0.29) is 17.9 Å². The van der Waals surface area contributed by atoms with Gasteiger partial charge in [0.15, 0.2) is 5.60 Å². The van der Waals surface area contributed by atoms with E-state index >= 15 is 0 Å². The van der Waals surface area contributed by atoms with Gasteiger partial charge in [-0.1, -0.05) is 18.2 Å². The van der Waals surface area contributed by atoms with Crippen molar-refractivity contribution < 1.29 is 14.3 Å². The van der Waals surface area contributed by atoms with Crippen molar-refractivity contribution in [1.82, 2.24) is 20.1 Å². The quantitative estimate of drug-likeness (QED) is 0.668. The van der Waals surface area contributed by atoms with Crippen molar-refractivity contribution in [2.45, 2.75) is 51.2 Å². The van der Waals surface area contributed by atoms with Gasteiger partial charge >= 0.3 is 0 Å². The van der Waals surface area contributed by atoms with Crippen LogP contribution in [0.5, 0.6) is 5.75 Å². The number of carbonyl (C=O) groups excluding carboxylic acids is 2. The van der Waals surface area contributed by atoms with E-state index in [0.717, 1.165) is 74.7 Å². The predicted octanol–water partition coefficient (Wildman–Crippen LogP) is 2.27. The molecule has 3 aliphatic rings. The Morgan fingerprint density at radius 3 is 2.53 bits per heavy atom. The van der Waals surface area contributed by atoms with Crippen LogP contribution in [-0.2, 0) is 22.4 Å². The molecule has 1 unspecified atom stereocenters. The standard InChI is InChI=1S/C28H37N5O3/c1-21(34)32-14-10-24(11-15-32)30-27(35)28(2)20-22-6-5-8-25(26(22)36-28)33-18-16-31(17-19-33)13-9-23-7-3-4-12-29-23/h3-8,12,24H,9-11,13-20H2,1-2H3,(H,30,35). The lowest BCUT2D eigenvalue weighted by atomic mass is 9.96. The molecule has 0 saturated carbocycles. The number of para-hydroxylation sites is 1. The molecule has 0 spiro atoms. The summed E-state index contributed by atoms with van der Waals surface area (Å²) in [5, 5.41) is 3.20. The molecule has 3 aliphatic heterocycles. The summed E-state index contributed by atoms with van der Waals surface area (Å²) in [4.78, 5) is 36.1. The molecular weight excluding hydrogens is 454 g/mol. The van der Waals surface area contributed by atoms with Crippen molar-refractivity contribution in [1.29, 1.82) is 0 Å². The Hall–Kier alpha value is -3.13. The Balaban J connectivity index is 1.17. The average Bonchev–Trinajstić information content (AvgIpc) is 3.26. The van der Waals surface area contributed by atoms with E-state index in [9.17, 15) is 9.59 Å². The van der Waals surface area contributed by atoms with Crippen LogP contribution in [0.3, 0.4) is 0 Å². The first-order chi connectivity index (χ1) is 17.4. The van der Waals surface area contributed by atoms with Crippen molar-refractivity contribution in [3.05, 3.63) is 53.9 Å². The molecule has 8 heteroatoms. The van der Waals surface area contributed by atoms with Crippen LogP contribution in [0.25, 0.3) is 0 Å². The Kier molecular flexibility index (Phi) is 7.14. The summed E-state index contributed by atoms with van der Waals surface area (Å²) >= 11 is 0. The number of benzene rings is 1. The lowest BCUT2D eigenvalue weighted by Gasteiger charge is -2.37. The normalized spacial score (nSPS) is 22.7. The van der Waals surface area contributed by atoms with Gasteiger partial charge in [0.05, 0.1) is 5.69 Å². The van der Waals surface area contributed by atoms with E-state index < -0.39 is 5.60 Å². The molecule has 2 aromatic rings. The fourth-order valence-electron chi connectivity index (χ4n) is 5.54. The summed E-state index contributed by atoms with van der Waals surface area (Å²) < 4.78 is 6.43. The first-order valence-electron chi connectivity index (χ1n) is 13.2. The third-order valence-electron chi connectivity index (χ3n) is 7.81. The molecule has 192 valence electrons. The van der Waals surface area contributed by atoms with E-state index in [1.807, 2.05) is 30.2 Å². The highest BCUT2D eigenvalue weighted by Gasteiger charge is 2.44. The molecule has 2 fully saturated rings. The zero-order valence-corrected chi connectivity index (χ0v) is 21.4. The van der Waals surface area contributed by atoms with E-state index in [0.29, 0.717) is 19.5 Å². The second-order valence-corrected chi connectivity index (χ2v) is 10.4. The molecule has 0 bridgehead atoms. The summed E-state index contributed by atoms with van der Waals surface area (Å²) in [6, 6.07) is 12.4. The van der Waals surface area contributed by atoms with Crippen molar-refractivity contribution >= 4 is 17.5 Å². The highest BCUT2D eigenvalue weighted by atomic mass is 16.5. The molecule has 4 heterocycles. The highest BCUT2D eigenvalue weighted by molar-refractivity contribution is 5.87. The fraction of sp³-hybridized carbons (Fsp3) is 0.536. The minimum Gasteiger partial charge on any atom is -0.475 e. The number of carbonyl (C=O) groups is 2. The monoisotopic (exact) mass is 491 g/mol. The number of piperidine rings is 1. The van der Waals surface area contributed by atoms with Gasteiger partial charge in [-0.15, -0.1) is 0 Å². The number of nitrogens with zero attached hydrogens (tertiary/aromatic N) is 4. The van der Waals surface area contributed by atoms with Gasteiger partial charge in [-0.3, -0.25) is 19.5 Å². The molecule has 1 aromatic carbocycles. The summed E-state index contributed by atoms with van der Waals surface area (Å²) in [6.45, 7) is 9.74. The molecule has 1 atom stereocenters. The number of rotatable bonds is 6. The molecule has 1 N–H and O–H groups in total. The number of pyridine rings is 1. The van der Waals surface area contributed by atoms with Crippen molar-refractivity contribution in [3.8, 4) is 5.75 Å². The number of likely N-dealkylation sites (tertiary alicyclic amines) is 1. The minimum atomic E-state index is -0.916. The molecular formula is C28H37N5O3. The van der Waals surface area contributed by atoms with Crippen LogP contribution in [0.4, 0.5) is 5.69 Å². The third-order valence-corrected chi connectivity index (χ3v) is 7.81.